The summed E-state index contributed by atoms with van der Waals surface area (Å²) in [4.78, 5) is 7.81. The van der Waals surface area contributed by atoms with Gasteiger partial charge in [-0.15, -0.1) is 0 Å². The predicted molar refractivity (Wildman–Crippen MR) is 62.4 cm³/mol. The molecule has 0 aliphatic heterocycles. The lowest BCUT2D eigenvalue weighted by molar-refractivity contribution is 0.366. The molecule has 0 aliphatic rings. The smallest absolute Gasteiger partial charge is 0.246 e. The van der Waals surface area contributed by atoms with Crippen molar-refractivity contribution in [3.63, 3.8) is 0 Å². The Hall–Kier alpha value is -1.27. The van der Waals surface area contributed by atoms with Crippen molar-refractivity contribution in [3.05, 3.63) is 5.28 Å². The third kappa shape index (κ3) is 2.86. The SMILES string of the molecule is CC[C@@H](C)Nc1nc(Cl)nc(OC)c1NO. The number of halogens is 1. The van der Waals surface area contributed by atoms with E-state index in [0.717, 1.165) is 6.42 Å². The maximum atomic E-state index is 9.01. The molecule has 1 aromatic rings. The maximum Gasteiger partial charge on any atom is 0.246 e. The molecule has 1 heterocycles. The van der Waals surface area contributed by atoms with E-state index in [9.17, 15) is 0 Å². The highest BCUT2D eigenvalue weighted by molar-refractivity contribution is 6.28. The van der Waals surface area contributed by atoms with Gasteiger partial charge in [0.1, 0.15) is 0 Å². The zero-order valence-corrected chi connectivity index (χ0v) is 10.2. The van der Waals surface area contributed by atoms with Gasteiger partial charge in [-0.05, 0) is 24.9 Å². The summed E-state index contributed by atoms with van der Waals surface area (Å²) >= 11 is 5.73. The number of aromatic nitrogens is 2. The van der Waals surface area contributed by atoms with Crippen molar-refractivity contribution >= 4 is 23.1 Å². The second kappa shape index (κ2) is 5.72. The molecule has 0 fully saturated rings. The number of hydrogen-bond acceptors (Lipinski definition) is 6. The van der Waals surface area contributed by atoms with Crippen LogP contribution in [0.25, 0.3) is 0 Å². The summed E-state index contributed by atoms with van der Waals surface area (Å²) in [5.41, 5.74) is 2.27. The molecular weight excluding hydrogens is 232 g/mol. The first-order valence-electron chi connectivity index (χ1n) is 4.90. The van der Waals surface area contributed by atoms with E-state index in [1.807, 2.05) is 19.3 Å². The standard InChI is InChI=1S/C9H15ClN4O2/c1-4-5(2)11-7-6(14-15)8(16-3)13-9(10)12-7/h5,14-15H,4H2,1-3H3,(H,11,12,13)/t5-/m1/s1. The Morgan fingerprint density at radius 2 is 2.19 bits per heavy atom. The third-order valence-electron chi connectivity index (χ3n) is 2.15. The van der Waals surface area contributed by atoms with Crippen LogP contribution in [0.2, 0.25) is 5.28 Å². The van der Waals surface area contributed by atoms with E-state index in [2.05, 4.69) is 15.3 Å². The van der Waals surface area contributed by atoms with Gasteiger partial charge in [0, 0.05) is 6.04 Å². The molecule has 0 spiro atoms. The summed E-state index contributed by atoms with van der Waals surface area (Å²) in [5, 5.41) is 12.2. The van der Waals surface area contributed by atoms with Crippen LogP contribution >= 0.6 is 11.6 Å². The van der Waals surface area contributed by atoms with Crippen LogP contribution in [0.15, 0.2) is 0 Å². The topological polar surface area (TPSA) is 79.3 Å². The normalized spacial score (nSPS) is 12.1. The molecule has 0 radical (unpaired) electrons. The summed E-state index contributed by atoms with van der Waals surface area (Å²) in [6.07, 6.45) is 0.912. The van der Waals surface area contributed by atoms with E-state index in [0.29, 0.717) is 5.82 Å². The molecule has 0 aromatic carbocycles. The number of anilines is 2. The van der Waals surface area contributed by atoms with Crippen LogP contribution in [0.3, 0.4) is 0 Å². The minimum atomic E-state index is 0.0571. The molecular formula is C9H15ClN4O2. The second-order valence-electron chi connectivity index (χ2n) is 3.29. The molecule has 0 unspecified atom stereocenters. The lowest BCUT2D eigenvalue weighted by Gasteiger charge is -2.16. The molecule has 6 nitrogen and oxygen atoms in total. The Labute approximate surface area is 99.0 Å². The first-order valence-corrected chi connectivity index (χ1v) is 5.28. The van der Waals surface area contributed by atoms with Crippen LogP contribution in [0.5, 0.6) is 5.88 Å². The van der Waals surface area contributed by atoms with E-state index >= 15 is 0 Å². The van der Waals surface area contributed by atoms with Crippen molar-refractivity contribution in [1.29, 1.82) is 0 Å². The second-order valence-corrected chi connectivity index (χ2v) is 3.63. The molecule has 0 aliphatic carbocycles. The Morgan fingerprint density at radius 3 is 2.69 bits per heavy atom. The fraction of sp³-hybridized carbons (Fsp3) is 0.556. The molecule has 16 heavy (non-hydrogen) atoms. The van der Waals surface area contributed by atoms with Gasteiger partial charge in [-0.25, -0.2) is 0 Å². The average Bonchev–Trinajstić information content (AvgIpc) is 2.28. The third-order valence-corrected chi connectivity index (χ3v) is 2.32. The van der Waals surface area contributed by atoms with Crippen molar-refractivity contribution in [2.45, 2.75) is 26.3 Å². The summed E-state index contributed by atoms with van der Waals surface area (Å²) in [5.74, 6) is 0.599. The molecule has 0 saturated carbocycles. The summed E-state index contributed by atoms with van der Waals surface area (Å²) in [6.45, 7) is 4.02. The van der Waals surface area contributed by atoms with Crippen molar-refractivity contribution in [1.82, 2.24) is 9.97 Å². The fourth-order valence-electron chi connectivity index (χ4n) is 1.10. The minimum Gasteiger partial charge on any atom is -0.479 e. The van der Waals surface area contributed by atoms with Crippen molar-refractivity contribution in [2.24, 2.45) is 0 Å². The Morgan fingerprint density at radius 1 is 1.50 bits per heavy atom. The molecule has 1 aromatic heterocycles. The summed E-state index contributed by atoms with van der Waals surface area (Å²) in [6, 6.07) is 0.197. The van der Waals surface area contributed by atoms with E-state index in [1.165, 1.54) is 7.11 Å². The molecule has 0 amide bonds. The zero-order chi connectivity index (χ0) is 12.1. The monoisotopic (exact) mass is 246 g/mol. The van der Waals surface area contributed by atoms with Gasteiger partial charge in [0.2, 0.25) is 11.2 Å². The lowest BCUT2D eigenvalue weighted by Crippen LogP contribution is -2.16. The Balaban J connectivity index is 3.09. The number of ether oxygens (including phenoxy) is 1. The first-order chi connectivity index (χ1) is 7.62. The molecule has 7 heteroatoms. The van der Waals surface area contributed by atoms with E-state index in [4.69, 9.17) is 21.5 Å². The quantitative estimate of drug-likeness (QED) is 0.546. The van der Waals surface area contributed by atoms with E-state index < -0.39 is 0 Å². The van der Waals surface area contributed by atoms with Crippen LogP contribution in [0, 0.1) is 0 Å². The number of rotatable bonds is 5. The van der Waals surface area contributed by atoms with Crippen molar-refractivity contribution in [2.75, 3.05) is 17.9 Å². The molecule has 0 saturated heterocycles. The number of nitrogens with one attached hydrogen (secondary N) is 2. The van der Waals surface area contributed by atoms with Gasteiger partial charge < -0.3 is 10.1 Å². The zero-order valence-electron chi connectivity index (χ0n) is 9.41. The van der Waals surface area contributed by atoms with Gasteiger partial charge >= 0.3 is 0 Å². The Bertz CT molecular complexity index is 362. The van der Waals surface area contributed by atoms with Crippen LogP contribution in [-0.4, -0.2) is 28.3 Å². The average molecular weight is 247 g/mol. The van der Waals surface area contributed by atoms with Gasteiger partial charge in [-0.1, -0.05) is 6.92 Å². The maximum absolute atomic E-state index is 9.01. The highest BCUT2D eigenvalue weighted by atomic mass is 35.5. The summed E-state index contributed by atoms with van der Waals surface area (Å²) < 4.78 is 4.97. The molecule has 1 atom stereocenters. The largest absolute Gasteiger partial charge is 0.479 e. The van der Waals surface area contributed by atoms with E-state index in [1.54, 1.807) is 0 Å². The number of methoxy groups -OCH3 is 1. The fourth-order valence-corrected chi connectivity index (χ4v) is 1.26. The highest BCUT2D eigenvalue weighted by Gasteiger charge is 2.15. The highest BCUT2D eigenvalue weighted by Crippen LogP contribution is 2.30. The van der Waals surface area contributed by atoms with Crippen molar-refractivity contribution < 1.29 is 9.94 Å². The van der Waals surface area contributed by atoms with Gasteiger partial charge in [0.05, 0.1) is 7.11 Å². The lowest BCUT2D eigenvalue weighted by atomic mass is 10.2. The van der Waals surface area contributed by atoms with E-state index in [-0.39, 0.29) is 22.9 Å². The number of nitrogens with zero attached hydrogens (tertiary/aromatic N) is 2. The summed E-state index contributed by atoms with van der Waals surface area (Å²) in [7, 11) is 1.44. The van der Waals surface area contributed by atoms with Crippen LogP contribution < -0.4 is 15.5 Å². The molecule has 3 N–H and O–H groups in total. The molecule has 1 rings (SSSR count). The number of hydrogen-bond donors (Lipinski definition) is 3. The van der Waals surface area contributed by atoms with Crippen LogP contribution in [-0.2, 0) is 0 Å². The molecule has 0 bridgehead atoms. The van der Waals surface area contributed by atoms with Gasteiger partial charge in [0.15, 0.2) is 11.5 Å². The van der Waals surface area contributed by atoms with Crippen LogP contribution in [0.1, 0.15) is 20.3 Å². The van der Waals surface area contributed by atoms with Gasteiger partial charge in [0.25, 0.3) is 0 Å². The first kappa shape index (κ1) is 12.8. The predicted octanol–water partition coefficient (Wildman–Crippen LogP) is 2.15. The minimum absolute atomic E-state index is 0.0571. The van der Waals surface area contributed by atoms with Crippen LogP contribution in [0.4, 0.5) is 11.5 Å². The van der Waals surface area contributed by atoms with Crippen molar-refractivity contribution in [3.8, 4) is 5.88 Å². The molecule has 90 valence electrons. The van der Waals surface area contributed by atoms with Gasteiger partial charge in [-0.3, -0.25) is 10.7 Å². The van der Waals surface area contributed by atoms with Gasteiger partial charge in [-0.2, -0.15) is 9.97 Å². The Kier molecular flexibility index (Phi) is 4.57.